The summed E-state index contributed by atoms with van der Waals surface area (Å²) in [7, 11) is 2.06. The summed E-state index contributed by atoms with van der Waals surface area (Å²) in [5.74, 6) is 5.69. The van der Waals surface area contributed by atoms with Gasteiger partial charge in [-0.15, -0.1) is 11.3 Å². The van der Waals surface area contributed by atoms with Crippen LogP contribution < -0.4 is 11.3 Å². The number of aryl methyl sites for hydroxylation is 1. The van der Waals surface area contributed by atoms with Crippen molar-refractivity contribution in [2.24, 2.45) is 5.84 Å². The minimum atomic E-state index is -0.409. The van der Waals surface area contributed by atoms with E-state index in [1.807, 2.05) is 6.92 Å². The molecule has 1 amide bonds. The van der Waals surface area contributed by atoms with Gasteiger partial charge in [0.15, 0.2) is 5.76 Å². The van der Waals surface area contributed by atoms with E-state index in [4.69, 9.17) is 10.3 Å². The number of hydrogen-bond donors (Lipinski definition) is 2. The summed E-state index contributed by atoms with van der Waals surface area (Å²) in [5, 5.41) is 2.08. The third-order valence-corrected chi connectivity index (χ3v) is 4.45. The molecule has 2 rings (SSSR count). The lowest BCUT2D eigenvalue weighted by Crippen LogP contribution is -2.29. The summed E-state index contributed by atoms with van der Waals surface area (Å²) in [6.07, 6.45) is 0. The molecule has 3 N–H and O–H groups in total. The first kappa shape index (κ1) is 14.8. The predicted molar refractivity (Wildman–Crippen MR) is 79.3 cm³/mol. The molecule has 0 radical (unpaired) electrons. The second-order valence-corrected chi connectivity index (χ2v) is 5.75. The average Bonchev–Trinajstić information content (AvgIpc) is 3.07. The molecule has 20 heavy (non-hydrogen) atoms. The number of nitrogens with two attached hydrogens (primary N) is 1. The molecule has 2 heterocycles. The summed E-state index contributed by atoms with van der Waals surface area (Å²) < 4.78 is 5.42. The van der Waals surface area contributed by atoms with Crippen molar-refractivity contribution < 1.29 is 9.21 Å². The highest BCUT2D eigenvalue weighted by atomic mass is 32.1. The van der Waals surface area contributed by atoms with Crippen LogP contribution in [0.1, 0.15) is 39.7 Å². The number of thiophene rings is 1. The lowest BCUT2D eigenvalue weighted by molar-refractivity contribution is 0.0924. The molecule has 6 heteroatoms. The van der Waals surface area contributed by atoms with E-state index in [-0.39, 0.29) is 5.76 Å². The molecular formula is C14H19N3O2S. The Labute approximate surface area is 122 Å². The van der Waals surface area contributed by atoms with E-state index in [1.54, 1.807) is 17.4 Å². The number of carbonyl (C=O) groups is 1. The van der Waals surface area contributed by atoms with Gasteiger partial charge < -0.3 is 4.42 Å². The first-order valence-corrected chi connectivity index (χ1v) is 7.24. The quantitative estimate of drug-likeness (QED) is 0.504. The number of hydrogen-bond acceptors (Lipinski definition) is 5. The number of carbonyl (C=O) groups excluding carboxylic acids is 1. The Morgan fingerprint density at radius 1 is 1.60 bits per heavy atom. The molecule has 0 aliphatic heterocycles. The molecule has 1 atom stereocenters. The van der Waals surface area contributed by atoms with Gasteiger partial charge in [0.25, 0.3) is 0 Å². The van der Waals surface area contributed by atoms with Crippen molar-refractivity contribution in [3.8, 4) is 0 Å². The Balaban J connectivity index is 2.09. The zero-order valence-electron chi connectivity index (χ0n) is 11.8. The largest absolute Gasteiger partial charge is 0.456 e. The zero-order valence-corrected chi connectivity index (χ0v) is 12.7. The average molecular weight is 293 g/mol. The molecular weight excluding hydrogens is 274 g/mol. The van der Waals surface area contributed by atoms with Crippen LogP contribution in [0.2, 0.25) is 0 Å². The Morgan fingerprint density at radius 2 is 2.35 bits per heavy atom. The summed E-state index contributed by atoms with van der Waals surface area (Å²) >= 11 is 1.74. The summed E-state index contributed by atoms with van der Waals surface area (Å²) in [6, 6.07) is 6.24. The number of nitrogens with one attached hydrogen (secondary N) is 1. The van der Waals surface area contributed by atoms with Crippen molar-refractivity contribution in [1.82, 2.24) is 10.3 Å². The Kier molecular flexibility index (Phi) is 4.59. The summed E-state index contributed by atoms with van der Waals surface area (Å²) in [6.45, 7) is 4.73. The van der Waals surface area contributed by atoms with Gasteiger partial charge in [-0.25, -0.2) is 5.84 Å². The van der Waals surface area contributed by atoms with E-state index in [1.165, 1.54) is 4.88 Å². The normalized spacial score (nSPS) is 12.7. The second-order valence-electron chi connectivity index (χ2n) is 4.77. The fraction of sp³-hybridized carbons (Fsp3) is 0.357. The van der Waals surface area contributed by atoms with Gasteiger partial charge in [-0.1, -0.05) is 6.07 Å². The van der Waals surface area contributed by atoms with Crippen molar-refractivity contribution in [2.75, 3.05) is 7.05 Å². The highest BCUT2D eigenvalue weighted by molar-refractivity contribution is 7.10. The minimum Gasteiger partial charge on any atom is -0.456 e. The van der Waals surface area contributed by atoms with Crippen LogP contribution in [0.4, 0.5) is 0 Å². The number of amides is 1. The molecule has 108 valence electrons. The molecule has 5 nitrogen and oxygen atoms in total. The van der Waals surface area contributed by atoms with Gasteiger partial charge in [0, 0.05) is 23.0 Å². The highest BCUT2D eigenvalue weighted by Gasteiger charge is 2.18. The molecule has 0 bridgehead atoms. The van der Waals surface area contributed by atoms with Gasteiger partial charge in [0.05, 0.1) is 0 Å². The fourth-order valence-corrected chi connectivity index (χ4v) is 2.86. The zero-order chi connectivity index (χ0) is 14.7. The van der Waals surface area contributed by atoms with E-state index < -0.39 is 5.91 Å². The van der Waals surface area contributed by atoms with Crippen molar-refractivity contribution in [3.05, 3.63) is 45.5 Å². The lowest BCUT2D eigenvalue weighted by Gasteiger charge is -2.23. The highest BCUT2D eigenvalue weighted by Crippen LogP contribution is 2.26. The monoisotopic (exact) mass is 293 g/mol. The molecule has 0 spiro atoms. The Bertz CT molecular complexity index is 577. The van der Waals surface area contributed by atoms with Crippen LogP contribution in [0.5, 0.6) is 0 Å². The van der Waals surface area contributed by atoms with Gasteiger partial charge in [-0.05, 0) is 38.4 Å². The lowest BCUT2D eigenvalue weighted by atomic mass is 10.2. The molecule has 2 aromatic rings. The van der Waals surface area contributed by atoms with Gasteiger partial charge >= 0.3 is 5.91 Å². The maximum absolute atomic E-state index is 11.4. The van der Waals surface area contributed by atoms with Crippen LogP contribution in [-0.4, -0.2) is 17.9 Å². The van der Waals surface area contributed by atoms with Crippen LogP contribution in [0.15, 0.2) is 28.0 Å². The Hall–Kier alpha value is -1.63. The molecule has 2 aromatic heterocycles. The van der Waals surface area contributed by atoms with Gasteiger partial charge in [0.1, 0.15) is 5.76 Å². The van der Waals surface area contributed by atoms with Crippen LogP contribution in [0.25, 0.3) is 0 Å². The van der Waals surface area contributed by atoms with Crippen LogP contribution in [0.3, 0.4) is 0 Å². The van der Waals surface area contributed by atoms with E-state index in [0.717, 1.165) is 11.3 Å². The maximum Gasteiger partial charge on any atom is 0.300 e. The third kappa shape index (κ3) is 3.09. The number of nitrogens with zero attached hydrogens (tertiary/aromatic N) is 1. The van der Waals surface area contributed by atoms with E-state index in [9.17, 15) is 4.79 Å². The van der Waals surface area contributed by atoms with Crippen LogP contribution >= 0.6 is 11.3 Å². The SMILES string of the molecule is Cc1oc(C(=O)NN)cc1CN(C)C(C)c1cccs1. The minimum absolute atomic E-state index is 0.247. The van der Waals surface area contributed by atoms with Crippen LogP contribution in [-0.2, 0) is 6.54 Å². The molecule has 0 aliphatic carbocycles. The van der Waals surface area contributed by atoms with Crippen LogP contribution in [0, 0.1) is 6.92 Å². The summed E-state index contributed by atoms with van der Waals surface area (Å²) in [4.78, 5) is 15.0. The van der Waals surface area contributed by atoms with Crippen molar-refractivity contribution in [3.63, 3.8) is 0 Å². The fourth-order valence-electron chi connectivity index (χ4n) is 2.01. The van der Waals surface area contributed by atoms with E-state index >= 15 is 0 Å². The van der Waals surface area contributed by atoms with Gasteiger partial charge in [0.2, 0.25) is 0 Å². The van der Waals surface area contributed by atoms with Gasteiger partial charge in [-0.3, -0.25) is 15.1 Å². The van der Waals surface area contributed by atoms with E-state index in [0.29, 0.717) is 12.6 Å². The molecule has 0 aliphatic rings. The predicted octanol–water partition coefficient (Wildman–Crippen LogP) is 2.45. The number of nitrogen functional groups attached to an aromatic ring is 1. The second kappa shape index (κ2) is 6.21. The smallest absolute Gasteiger partial charge is 0.300 e. The molecule has 0 aromatic carbocycles. The van der Waals surface area contributed by atoms with E-state index in [2.05, 4.69) is 41.8 Å². The molecule has 0 saturated carbocycles. The topological polar surface area (TPSA) is 71.5 Å². The van der Waals surface area contributed by atoms with Gasteiger partial charge in [-0.2, -0.15) is 0 Å². The van der Waals surface area contributed by atoms with Crippen molar-refractivity contribution >= 4 is 17.2 Å². The standard InChI is InChI=1S/C14H19N3O2S/c1-9(13-5-4-6-20-13)17(3)8-11-7-12(14(18)16-15)19-10(11)2/h4-7,9H,8,15H2,1-3H3,(H,16,18). The third-order valence-electron chi connectivity index (χ3n) is 3.41. The number of furan rings is 1. The molecule has 0 fully saturated rings. The number of hydrazine groups is 1. The first-order chi connectivity index (χ1) is 9.52. The molecule has 1 unspecified atom stereocenters. The molecule has 0 saturated heterocycles. The van der Waals surface area contributed by atoms with Crippen molar-refractivity contribution in [1.29, 1.82) is 0 Å². The number of rotatable bonds is 5. The van der Waals surface area contributed by atoms with Crippen molar-refractivity contribution in [2.45, 2.75) is 26.4 Å². The Morgan fingerprint density at radius 3 is 2.95 bits per heavy atom. The maximum atomic E-state index is 11.4. The summed E-state index contributed by atoms with van der Waals surface area (Å²) in [5.41, 5.74) is 3.07. The first-order valence-electron chi connectivity index (χ1n) is 6.36.